The third-order valence-electron chi connectivity index (χ3n) is 3.19. The van der Waals surface area contributed by atoms with E-state index >= 15 is 0 Å². The number of furan rings is 1. The van der Waals surface area contributed by atoms with Gasteiger partial charge in [-0.3, -0.25) is 4.79 Å². The molecule has 2 rings (SSSR count). The average molecular weight is 232 g/mol. The molecule has 0 radical (unpaired) electrons. The van der Waals surface area contributed by atoms with E-state index in [2.05, 4.69) is 6.07 Å². The van der Waals surface area contributed by atoms with E-state index in [9.17, 15) is 4.79 Å². The minimum atomic E-state index is -0.0545. The molecule has 1 aliphatic heterocycles. The van der Waals surface area contributed by atoms with Gasteiger partial charge in [0.05, 0.1) is 6.07 Å². The van der Waals surface area contributed by atoms with Crippen molar-refractivity contribution in [2.45, 2.75) is 26.2 Å². The smallest absolute Gasteiger partial charge is 0.289 e. The van der Waals surface area contributed by atoms with Crippen LogP contribution in [0, 0.1) is 17.2 Å². The third-order valence-corrected chi connectivity index (χ3v) is 3.19. The van der Waals surface area contributed by atoms with Crippen molar-refractivity contribution in [2.75, 3.05) is 13.1 Å². The second-order valence-corrected chi connectivity index (χ2v) is 4.32. The molecule has 0 N–H and O–H groups in total. The Hall–Kier alpha value is -1.76. The largest absolute Gasteiger partial charge is 0.456 e. The molecule has 0 aromatic carbocycles. The number of hydrogen-bond acceptors (Lipinski definition) is 3. The van der Waals surface area contributed by atoms with Gasteiger partial charge in [0.15, 0.2) is 5.76 Å². The Morgan fingerprint density at radius 2 is 2.24 bits per heavy atom. The third kappa shape index (κ3) is 2.50. The van der Waals surface area contributed by atoms with Crippen molar-refractivity contribution in [1.82, 2.24) is 4.90 Å². The number of aryl methyl sites for hydroxylation is 1. The van der Waals surface area contributed by atoms with E-state index in [-0.39, 0.29) is 11.8 Å². The second kappa shape index (κ2) is 5.05. The minimum absolute atomic E-state index is 0.0545. The summed E-state index contributed by atoms with van der Waals surface area (Å²) in [4.78, 5) is 13.8. The molecule has 90 valence electrons. The van der Waals surface area contributed by atoms with E-state index in [1.54, 1.807) is 11.0 Å². The topological polar surface area (TPSA) is 57.2 Å². The van der Waals surface area contributed by atoms with Crippen molar-refractivity contribution in [1.29, 1.82) is 5.26 Å². The SMILES string of the molecule is CCc1ccc(C(=O)N2CCC(C#N)CC2)o1. The number of rotatable bonds is 2. The van der Waals surface area contributed by atoms with E-state index in [0.717, 1.165) is 25.0 Å². The van der Waals surface area contributed by atoms with Crippen LogP contribution in [0.1, 0.15) is 36.1 Å². The summed E-state index contributed by atoms with van der Waals surface area (Å²) in [6.07, 6.45) is 2.33. The van der Waals surface area contributed by atoms with Crippen LogP contribution in [0.2, 0.25) is 0 Å². The predicted octanol–water partition coefficient (Wildman–Crippen LogP) is 2.22. The molecule has 0 bridgehead atoms. The first-order valence-electron chi connectivity index (χ1n) is 6.02. The molecule has 0 spiro atoms. The lowest BCUT2D eigenvalue weighted by Crippen LogP contribution is -2.38. The van der Waals surface area contributed by atoms with Gasteiger partial charge in [-0.2, -0.15) is 5.26 Å². The Morgan fingerprint density at radius 3 is 2.76 bits per heavy atom. The molecule has 0 unspecified atom stereocenters. The summed E-state index contributed by atoms with van der Waals surface area (Å²) in [5, 5.41) is 8.80. The normalized spacial score (nSPS) is 16.8. The van der Waals surface area contributed by atoms with Crippen molar-refractivity contribution in [3.8, 4) is 6.07 Å². The van der Waals surface area contributed by atoms with Crippen LogP contribution in [0.3, 0.4) is 0 Å². The molecule has 4 heteroatoms. The zero-order valence-corrected chi connectivity index (χ0v) is 9.98. The summed E-state index contributed by atoms with van der Waals surface area (Å²) >= 11 is 0. The van der Waals surface area contributed by atoms with Crippen molar-refractivity contribution < 1.29 is 9.21 Å². The van der Waals surface area contributed by atoms with Gasteiger partial charge in [0.1, 0.15) is 5.76 Å². The summed E-state index contributed by atoms with van der Waals surface area (Å²) in [5.74, 6) is 1.29. The lowest BCUT2D eigenvalue weighted by atomic mass is 9.98. The van der Waals surface area contributed by atoms with Crippen LogP contribution in [0.4, 0.5) is 0 Å². The molecule has 1 aromatic rings. The fourth-order valence-corrected chi connectivity index (χ4v) is 2.05. The second-order valence-electron chi connectivity index (χ2n) is 4.32. The molecule has 1 saturated heterocycles. The van der Waals surface area contributed by atoms with Crippen LogP contribution in [0.25, 0.3) is 0 Å². The number of carbonyl (C=O) groups excluding carboxylic acids is 1. The number of amides is 1. The van der Waals surface area contributed by atoms with Crippen LogP contribution >= 0.6 is 0 Å². The molecular formula is C13H16N2O2. The number of nitrogens with zero attached hydrogens (tertiary/aromatic N) is 2. The highest BCUT2D eigenvalue weighted by atomic mass is 16.4. The zero-order chi connectivity index (χ0) is 12.3. The molecule has 4 nitrogen and oxygen atoms in total. The highest BCUT2D eigenvalue weighted by molar-refractivity contribution is 5.91. The maximum Gasteiger partial charge on any atom is 0.289 e. The van der Waals surface area contributed by atoms with Crippen LogP contribution in [0.5, 0.6) is 0 Å². The standard InChI is InChI=1S/C13H16N2O2/c1-2-11-3-4-12(17-11)13(16)15-7-5-10(9-14)6-8-15/h3-4,10H,2,5-8H2,1H3. The Kier molecular flexibility index (Phi) is 3.48. The first-order chi connectivity index (χ1) is 8.24. The summed E-state index contributed by atoms with van der Waals surface area (Å²) < 4.78 is 5.44. The van der Waals surface area contributed by atoms with Gasteiger partial charge in [0, 0.05) is 25.4 Å². The number of hydrogen-bond donors (Lipinski definition) is 0. The van der Waals surface area contributed by atoms with Crippen LogP contribution < -0.4 is 0 Å². The highest BCUT2D eigenvalue weighted by Crippen LogP contribution is 2.19. The Bertz CT molecular complexity index is 437. The number of nitriles is 1. The summed E-state index contributed by atoms with van der Waals surface area (Å²) in [6, 6.07) is 5.83. The predicted molar refractivity (Wildman–Crippen MR) is 62.3 cm³/mol. The minimum Gasteiger partial charge on any atom is -0.456 e. The van der Waals surface area contributed by atoms with Gasteiger partial charge in [0.2, 0.25) is 0 Å². The summed E-state index contributed by atoms with van der Waals surface area (Å²) in [6.45, 7) is 3.30. The van der Waals surface area contributed by atoms with Gasteiger partial charge in [-0.25, -0.2) is 0 Å². The molecule has 17 heavy (non-hydrogen) atoms. The average Bonchev–Trinajstić information content (AvgIpc) is 2.87. The first kappa shape index (κ1) is 11.7. The lowest BCUT2D eigenvalue weighted by molar-refractivity contribution is 0.0673. The molecule has 1 amide bonds. The van der Waals surface area contributed by atoms with Gasteiger partial charge in [-0.1, -0.05) is 6.92 Å². The molecule has 1 aromatic heterocycles. The molecular weight excluding hydrogens is 216 g/mol. The van der Waals surface area contributed by atoms with Crippen molar-refractivity contribution in [2.24, 2.45) is 5.92 Å². The number of piperidine rings is 1. The fraction of sp³-hybridized carbons (Fsp3) is 0.538. The number of carbonyl (C=O) groups is 1. The van der Waals surface area contributed by atoms with Crippen molar-refractivity contribution in [3.63, 3.8) is 0 Å². The Morgan fingerprint density at radius 1 is 1.53 bits per heavy atom. The van der Waals surface area contributed by atoms with Crippen LogP contribution in [-0.2, 0) is 6.42 Å². The van der Waals surface area contributed by atoms with E-state index in [4.69, 9.17) is 9.68 Å². The molecule has 1 fully saturated rings. The van der Waals surface area contributed by atoms with E-state index in [0.29, 0.717) is 18.8 Å². The van der Waals surface area contributed by atoms with Crippen LogP contribution in [0.15, 0.2) is 16.5 Å². The molecule has 1 aliphatic rings. The molecule has 0 aliphatic carbocycles. The first-order valence-corrected chi connectivity index (χ1v) is 6.02. The fourth-order valence-electron chi connectivity index (χ4n) is 2.05. The van der Waals surface area contributed by atoms with E-state index in [1.807, 2.05) is 13.0 Å². The summed E-state index contributed by atoms with van der Waals surface area (Å²) in [7, 11) is 0. The Balaban J connectivity index is 1.99. The van der Waals surface area contributed by atoms with Gasteiger partial charge < -0.3 is 9.32 Å². The monoisotopic (exact) mass is 232 g/mol. The number of likely N-dealkylation sites (tertiary alicyclic amines) is 1. The van der Waals surface area contributed by atoms with E-state index < -0.39 is 0 Å². The van der Waals surface area contributed by atoms with Gasteiger partial charge in [-0.05, 0) is 25.0 Å². The maximum atomic E-state index is 12.1. The summed E-state index contributed by atoms with van der Waals surface area (Å²) in [5.41, 5.74) is 0. The van der Waals surface area contributed by atoms with Gasteiger partial charge in [0.25, 0.3) is 5.91 Å². The quantitative estimate of drug-likeness (QED) is 0.785. The molecule has 0 saturated carbocycles. The maximum absolute atomic E-state index is 12.1. The Labute approximate surface area is 101 Å². The van der Waals surface area contributed by atoms with Crippen LogP contribution in [-0.4, -0.2) is 23.9 Å². The lowest BCUT2D eigenvalue weighted by Gasteiger charge is -2.28. The zero-order valence-electron chi connectivity index (χ0n) is 9.98. The molecule has 0 atom stereocenters. The highest BCUT2D eigenvalue weighted by Gasteiger charge is 2.25. The van der Waals surface area contributed by atoms with Gasteiger partial charge >= 0.3 is 0 Å². The van der Waals surface area contributed by atoms with E-state index in [1.165, 1.54) is 0 Å². The molecule has 2 heterocycles. The van der Waals surface area contributed by atoms with Crippen molar-refractivity contribution >= 4 is 5.91 Å². The van der Waals surface area contributed by atoms with Gasteiger partial charge in [-0.15, -0.1) is 0 Å². The van der Waals surface area contributed by atoms with Crippen molar-refractivity contribution in [3.05, 3.63) is 23.7 Å².